The summed E-state index contributed by atoms with van der Waals surface area (Å²) in [6.45, 7) is 1.33. The summed E-state index contributed by atoms with van der Waals surface area (Å²) in [7, 11) is 1.57. The summed E-state index contributed by atoms with van der Waals surface area (Å²) in [5.41, 5.74) is 1.48. The highest BCUT2D eigenvalue weighted by atomic mass is 79.9. The molecule has 0 saturated heterocycles. The summed E-state index contributed by atoms with van der Waals surface area (Å²) in [6, 6.07) is 16.1. The first-order valence-electron chi connectivity index (χ1n) is 8.47. The van der Waals surface area contributed by atoms with Crippen molar-refractivity contribution in [3.05, 3.63) is 64.6 Å². The fourth-order valence-corrected chi connectivity index (χ4v) is 2.95. The molecule has 0 saturated carbocycles. The van der Waals surface area contributed by atoms with Crippen molar-refractivity contribution < 1.29 is 14.4 Å². The van der Waals surface area contributed by atoms with Gasteiger partial charge in [0.05, 0.1) is 24.7 Å². The van der Waals surface area contributed by atoms with Crippen LogP contribution in [0.2, 0.25) is 0 Å². The van der Waals surface area contributed by atoms with Gasteiger partial charge in [-0.05, 0) is 33.6 Å². The van der Waals surface area contributed by atoms with E-state index in [1.54, 1.807) is 13.1 Å². The van der Waals surface area contributed by atoms with E-state index in [2.05, 4.69) is 26.6 Å². The molecule has 1 atom stereocenters. The average molecular weight is 432 g/mol. The van der Waals surface area contributed by atoms with Crippen molar-refractivity contribution in [2.24, 2.45) is 0 Å². The van der Waals surface area contributed by atoms with Gasteiger partial charge in [-0.2, -0.15) is 0 Å². The molecule has 0 aromatic heterocycles. The Bertz CT molecular complexity index is 811. The highest BCUT2D eigenvalue weighted by Crippen LogP contribution is 2.21. The number of benzene rings is 2. The van der Waals surface area contributed by atoms with Gasteiger partial charge in [0.1, 0.15) is 0 Å². The molecule has 0 aliphatic heterocycles. The average Bonchev–Trinajstić information content (AvgIpc) is 2.63. The lowest BCUT2D eigenvalue weighted by Gasteiger charge is -2.22. The summed E-state index contributed by atoms with van der Waals surface area (Å²) < 4.78 is 0.766. The van der Waals surface area contributed by atoms with Gasteiger partial charge in [-0.1, -0.05) is 42.5 Å². The number of nitrogens with zero attached hydrogens (tertiary/aromatic N) is 1. The Morgan fingerprint density at radius 3 is 2.30 bits per heavy atom. The Kier molecular flexibility index (Phi) is 7.55. The normalized spacial score (nSPS) is 11.4. The molecule has 6 nitrogen and oxygen atoms in total. The molecule has 142 valence electrons. The van der Waals surface area contributed by atoms with Crippen LogP contribution in [0.25, 0.3) is 0 Å². The summed E-state index contributed by atoms with van der Waals surface area (Å²) in [4.78, 5) is 37.6. The number of para-hydroxylation sites is 1. The van der Waals surface area contributed by atoms with Crippen LogP contribution < -0.4 is 10.6 Å². The third-order valence-electron chi connectivity index (χ3n) is 3.91. The molecule has 0 aliphatic carbocycles. The number of hydrogen-bond acceptors (Lipinski definition) is 3. The van der Waals surface area contributed by atoms with E-state index in [-0.39, 0.29) is 30.7 Å². The highest BCUT2D eigenvalue weighted by Gasteiger charge is 2.21. The maximum Gasteiger partial charge on any atom is 0.244 e. The predicted octanol–water partition coefficient (Wildman–Crippen LogP) is 3.11. The third-order valence-corrected chi connectivity index (χ3v) is 4.60. The monoisotopic (exact) mass is 431 g/mol. The zero-order valence-corrected chi connectivity index (χ0v) is 16.8. The lowest BCUT2D eigenvalue weighted by atomic mass is 10.0. The molecule has 0 radical (unpaired) electrons. The molecule has 27 heavy (non-hydrogen) atoms. The van der Waals surface area contributed by atoms with E-state index < -0.39 is 6.04 Å². The summed E-state index contributed by atoms with van der Waals surface area (Å²) in [6.07, 6.45) is 0.0718. The number of hydrogen-bond donors (Lipinski definition) is 2. The van der Waals surface area contributed by atoms with Gasteiger partial charge in [0, 0.05) is 18.4 Å². The molecule has 0 spiro atoms. The maximum atomic E-state index is 12.5. The minimum atomic E-state index is -0.440. The zero-order valence-electron chi connectivity index (χ0n) is 15.2. The van der Waals surface area contributed by atoms with Crippen molar-refractivity contribution in [2.75, 3.05) is 18.9 Å². The molecular formula is C20H22BrN3O3. The van der Waals surface area contributed by atoms with E-state index in [1.165, 1.54) is 11.8 Å². The Balaban J connectivity index is 1.97. The first kappa shape index (κ1) is 20.6. The zero-order chi connectivity index (χ0) is 19.8. The van der Waals surface area contributed by atoms with Gasteiger partial charge in [-0.25, -0.2) is 0 Å². The smallest absolute Gasteiger partial charge is 0.244 e. The van der Waals surface area contributed by atoms with Crippen molar-refractivity contribution >= 4 is 39.3 Å². The molecule has 2 aromatic carbocycles. The maximum absolute atomic E-state index is 12.5. The molecule has 0 heterocycles. The van der Waals surface area contributed by atoms with E-state index in [4.69, 9.17) is 0 Å². The van der Waals surface area contributed by atoms with E-state index >= 15 is 0 Å². The Hall–Kier alpha value is -2.67. The number of amides is 3. The lowest BCUT2D eigenvalue weighted by molar-refractivity contribution is -0.134. The van der Waals surface area contributed by atoms with Crippen molar-refractivity contribution in [1.82, 2.24) is 10.2 Å². The van der Waals surface area contributed by atoms with Crippen molar-refractivity contribution in [3.8, 4) is 0 Å². The van der Waals surface area contributed by atoms with E-state index in [1.807, 2.05) is 48.5 Å². The fourth-order valence-electron chi connectivity index (χ4n) is 2.57. The van der Waals surface area contributed by atoms with Crippen molar-refractivity contribution in [2.45, 2.75) is 19.4 Å². The molecular weight excluding hydrogens is 410 g/mol. The highest BCUT2D eigenvalue weighted by molar-refractivity contribution is 9.10. The second-order valence-electron chi connectivity index (χ2n) is 6.15. The number of rotatable bonds is 7. The second kappa shape index (κ2) is 9.87. The molecule has 1 unspecified atom stereocenters. The largest absolute Gasteiger partial charge is 0.349 e. The fraction of sp³-hybridized carbons (Fsp3) is 0.250. The van der Waals surface area contributed by atoms with Crippen LogP contribution >= 0.6 is 15.9 Å². The Morgan fingerprint density at radius 1 is 1.04 bits per heavy atom. The van der Waals surface area contributed by atoms with Crippen molar-refractivity contribution in [3.63, 3.8) is 0 Å². The third kappa shape index (κ3) is 6.53. The SMILES string of the molecule is CC(=O)NC(CC(=O)N(C)CC(=O)Nc1ccccc1Br)c1ccccc1. The number of nitrogens with one attached hydrogen (secondary N) is 2. The van der Waals surface area contributed by atoms with Gasteiger partial charge in [-0.15, -0.1) is 0 Å². The quantitative estimate of drug-likeness (QED) is 0.706. The number of carbonyl (C=O) groups is 3. The summed E-state index contributed by atoms with van der Waals surface area (Å²) >= 11 is 3.37. The number of carbonyl (C=O) groups excluding carboxylic acids is 3. The standard InChI is InChI=1S/C20H22BrN3O3/c1-14(25)22-18(15-8-4-3-5-9-15)12-20(27)24(2)13-19(26)23-17-11-7-6-10-16(17)21/h3-11,18H,12-13H2,1-2H3,(H,22,25)(H,23,26). The van der Waals surface area contributed by atoms with Crippen LogP contribution in [0.5, 0.6) is 0 Å². The second-order valence-corrected chi connectivity index (χ2v) is 7.00. The van der Waals surface area contributed by atoms with Gasteiger partial charge in [0.15, 0.2) is 0 Å². The van der Waals surface area contributed by atoms with E-state index in [0.717, 1.165) is 10.0 Å². The van der Waals surface area contributed by atoms with Crippen molar-refractivity contribution in [1.29, 1.82) is 0 Å². The summed E-state index contributed by atoms with van der Waals surface area (Å²) in [5, 5.41) is 5.55. The Morgan fingerprint density at radius 2 is 1.67 bits per heavy atom. The minimum Gasteiger partial charge on any atom is -0.349 e. The Labute approximate surface area is 167 Å². The van der Waals surface area contributed by atoms with E-state index in [0.29, 0.717) is 5.69 Å². The molecule has 0 fully saturated rings. The molecule has 0 aliphatic rings. The van der Waals surface area contributed by atoms with Crippen LogP contribution in [0.1, 0.15) is 24.9 Å². The lowest BCUT2D eigenvalue weighted by Crippen LogP contribution is -2.38. The number of likely N-dealkylation sites (N-methyl/N-ethyl adjacent to an activating group) is 1. The first-order chi connectivity index (χ1) is 12.9. The predicted molar refractivity (Wildman–Crippen MR) is 108 cm³/mol. The van der Waals surface area contributed by atoms with Gasteiger partial charge in [-0.3, -0.25) is 14.4 Å². The first-order valence-corrected chi connectivity index (χ1v) is 9.26. The van der Waals surface area contributed by atoms with E-state index in [9.17, 15) is 14.4 Å². The van der Waals surface area contributed by atoms with Crippen LogP contribution in [0.15, 0.2) is 59.1 Å². The van der Waals surface area contributed by atoms with Gasteiger partial charge in [0.2, 0.25) is 17.7 Å². The molecule has 2 N–H and O–H groups in total. The van der Waals surface area contributed by atoms with Crippen LogP contribution in [0, 0.1) is 0 Å². The summed E-state index contributed by atoms with van der Waals surface area (Å²) in [5.74, 6) is -0.751. The van der Waals surface area contributed by atoms with Crippen LogP contribution in [0.3, 0.4) is 0 Å². The molecule has 0 bridgehead atoms. The van der Waals surface area contributed by atoms with Crippen LogP contribution in [0.4, 0.5) is 5.69 Å². The van der Waals surface area contributed by atoms with Gasteiger partial charge >= 0.3 is 0 Å². The van der Waals surface area contributed by atoms with Crippen LogP contribution in [-0.2, 0) is 14.4 Å². The molecule has 3 amide bonds. The number of halogens is 1. The molecule has 7 heteroatoms. The minimum absolute atomic E-state index is 0.0718. The van der Waals surface area contributed by atoms with Crippen LogP contribution in [-0.4, -0.2) is 36.2 Å². The van der Waals surface area contributed by atoms with Gasteiger partial charge < -0.3 is 15.5 Å². The topological polar surface area (TPSA) is 78.5 Å². The number of anilines is 1. The molecule has 2 rings (SSSR count). The molecule has 2 aromatic rings. The van der Waals surface area contributed by atoms with Gasteiger partial charge in [0.25, 0.3) is 0 Å².